The number of aryl methyl sites for hydroxylation is 2. The highest BCUT2D eigenvalue weighted by Crippen LogP contribution is 2.32. The maximum atomic E-state index is 13.3. The zero-order valence-electron chi connectivity index (χ0n) is 14.8. The lowest BCUT2D eigenvalue weighted by Crippen LogP contribution is -2.36. The normalized spacial score (nSPS) is 13.6. The van der Waals surface area contributed by atoms with Crippen molar-refractivity contribution in [2.75, 3.05) is 18.6 Å². The van der Waals surface area contributed by atoms with Gasteiger partial charge >= 0.3 is 0 Å². The predicted molar refractivity (Wildman–Crippen MR) is 104 cm³/mol. The van der Waals surface area contributed by atoms with E-state index in [1.807, 2.05) is 54.3 Å². The predicted octanol–water partition coefficient (Wildman–Crippen LogP) is 4.80. The molecule has 1 aliphatic rings. The Labute approximate surface area is 157 Å². The number of ether oxygens (including phenoxy) is 1. The summed E-state index contributed by atoms with van der Waals surface area (Å²) in [5.41, 5.74) is 4.27. The van der Waals surface area contributed by atoms with E-state index in [2.05, 4.69) is 4.98 Å². The standard InChI is InChI=1S/C21H19ClN2O2/c1-13-18(12-15-10-16(22)5-7-19(15)23-13)21(25)24-9-3-4-14-11-17(26-2)6-8-20(14)24/h5-8,10-12H,3-4,9H2,1-2H3. The highest BCUT2D eigenvalue weighted by Gasteiger charge is 2.25. The van der Waals surface area contributed by atoms with E-state index >= 15 is 0 Å². The van der Waals surface area contributed by atoms with Crippen molar-refractivity contribution in [1.82, 2.24) is 4.98 Å². The first kappa shape index (κ1) is 16.9. The number of nitrogens with zero attached hydrogens (tertiary/aromatic N) is 2. The summed E-state index contributed by atoms with van der Waals surface area (Å²) in [7, 11) is 1.66. The largest absolute Gasteiger partial charge is 0.497 e. The maximum absolute atomic E-state index is 13.3. The van der Waals surface area contributed by atoms with Crippen LogP contribution in [0, 0.1) is 6.92 Å². The molecule has 0 atom stereocenters. The molecule has 0 aliphatic carbocycles. The van der Waals surface area contributed by atoms with Crippen molar-refractivity contribution in [2.45, 2.75) is 19.8 Å². The summed E-state index contributed by atoms with van der Waals surface area (Å²) in [6.45, 7) is 2.57. The Morgan fingerprint density at radius 3 is 2.85 bits per heavy atom. The Morgan fingerprint density at radius 1 is 1.19 bits per heavy atom. The molecule has 1 aromatic heterocycles. The second kappa shape index (κ2) is 6.61. The van der Waals surface area contributed by atoms with E-state index in [0.717, 1.165) is 46.4 Å². The van der Waals surface area contributed by atoms with Crippen LogP contribution in [-0.2, 0) is 6.42 Å². The summed E-state index contributed by atoms with van der Waals surface area (Å²) in [4.78, 5) is 19.7. The van der Waals surface area contributed by atoms with Crippen molar-refractivity contribution in [2.24, 2.45) is 0 Å². The van der Waals surface area contributed by atoms with Gasteiger partial charge < -0.3 is 9.64 Å². The molecular formula is C21H19ClN2O2. The molecule has 0 fully saturated rings. The first-order valence-corrected chi connectivity index (χ1v) is 9.00. The number of hydrogen-bond donors (Lipinski definition) is 0. The minimum Gasteiger partial charge on any atom is -0.497 e. The molecule has 1 amide bonds. The first-order chi connectivity index (χ1) is 12.6. The van der Waals surface area contributed by atoms with Crippen LogP contribution in [0.15, 0.2) is 42.5 Å². The van der Waals surface area contributed by atoms with Gasteiger partial charge in [-0.2, -0.15) is 0 Å². The van der Waals surface area contributed by atoms with Crippen LogP contribution in [0.4, 0.5) is 5.69 Å². The fourth-order valence-electron chi connectivity index (χ4n) is 3.52. The van der Waals surface area contributed by atoms with Crippen LogP contribution in [0.3, 0.4) is 0 Å². The van der Waals surface area contributed by atoms with E-state index in [-0.39, 0.29) is 5.91 Å². The molecule has 26 heavy (non-hydrogen) atoms. The SMILES string of the molecule is COc1ccc2c(c1)CCCN2C(=O)c1cc2cc(Cl)ccc2nc1C. The van der Waals surface area contributed by atoms with Gasteiger partial charge in [0, 0.05) is 22.6 Å². The minimum atomic E-state index is -0.0250. The Hall–Kier alpha value is -2.59. The topological polar surface area (TPSA) is 42.4 Å². The number of methoxy groups -OCH3 is 1. The summed E-state index contributed by atoms with van der Waals surface area (Å²) < 4.78 is 5.31. The molecule has 0 N–H and O–H groups in total. The van der Waals surface area contributed by atoms with E-state index in [0.29, 0.717) is 17.1 Å². The molecule has 2 aromatic carbocycles. The molecule has 5 heteroatoms. The third kappa shape index (κ3) is 2.90. The van der Waals surface area contributed by atoms with Crippen molar-refractivity contribution in [3.05, 3.63) is 64.3 Å². The second-order valence-corrected chi connectivity index (χ2v) is 6.95. The van der Waals surface area contributed by atoms with Crippen LogP contribution in [0.2, 0.25) is 5.02 Å². The minimum absolute atomic E-state index is 0.0250. The summed E-state index contributed by atoms with van der Waals surface area (Å²) in [6, 6.07) is 13.3. The summed E-state index contributed by atoms with van der Waals surface area (Å²) in [5.74, 6) is 0.791. The average Bonchev–Trinajstić information content (AvgIpc) is 2.66. The Kier molecular flexibility index (Phi) is 4.29. The van der Waals surface area contributed by atoms with Crippen molar-refractivity contribution in [3.63, 3.8) is 0 Å². The second-order valence-electron chi connectivity index (χ2n) is 6.51. The van der Waals surface area contributed by atoms with Crippen molar-refractivity contribution in [1.29, 1.82) is 0 Å². The molecule has 0 bridgehead atoms. The van der Waals surface area contributed by atoms with Gasteiger partial charge in [-0.3, -0.25) is 9.78 Å². The van der Waals surface area contributed by atoms with Gasteiger partial charge in [-0.25, -0.2) is 0 Å². The quantitative estimate of drug-likeness (QED) is 0.654. The van der Waals surface area contributed by atoms with Gasteiger partial charge in [0.2, 0.25) is 0 Å². The van der Waals surface area contributed by atoms with E-state index in [1.165, 1.54) is 0 Å². The summed E-state index contributed by atoms with van der Waals surface area (Å²) in [5, 5.41) is 1.51. The zero-order chi connectivity index (χ0) is 18.3. The summed E-state index contributed by atoms with van der Waals surface area (Å²) in [6.07, 6.45) is 1.87. The number of benzene rings is 2. The number of rotatable bonds is 2. The highest BCUT2D eigenvalue weighted by molar-refractivity contribution is 6.31. The number of aromatic nitrogens is 1. The van der Waals surface area contributed by atoms with Gasteiger partial charge in [-0.05, 0) is 67.8 Å². The van der Waals surface area contributed by atoms with Gasteiger partial charge in [0.05, 0.1) is 23.9 Å². The fourth-order valence-corrected chi connectivity index (χ4v) is 3.70. The number of anilines is 1. The number of hydrogen-bond acceptors (Lipinski definition) is 3. The van der Waals surface area contributed by atoms with E-state index in [1.54, 1.807) is 7.11 Å². The Bertz CT molecular complexity index is 1020. The monoisotopic (exact) mass is 366 g/mol. The number of amides is 1. The van der Waals surface area contributed by atoms with Gasteiger partial charge in [0.25, 0.3) is 5.91 Å². The Balaban J connectivity index is 1.77. The molecule has 0 spiro atoms. The zero-order valence-corrected chi connectivity index (χ0v) is 15.5. The molecule has 0 radical (unpaired) electrons. The van der Waals surface area contributed by atoms with Crippen molar-refractivity contribution in [3.8, 4) is 5.75 Å². The van der Waals surface area contributed by atoms with E-state index < -0.39 is 0 Å². The molecule has 0 saturated carbocycles. The molecule has 132 valence electrons. The lowest BCUT2D eigenvalue weighted by Gasteiger charge is -2.30. The lowest BCUT2D eigenvalue weighted by molar-refractivity contribution is 0.0984. The van der Waals surface area contributed by atoms with Crippen LogP contribution >= 0.6 is 11.6 Å². The third-order valence-corrected chi connectivity index (χ3v) is 5.08. The number of carbonyl (C=O) groups is 1. The van der Waals surface area contributed by atoms with Crippen LogP contribution < -0.4 is 9.64 Å². The van der Waals surface area contributed by atoms with Gasteiger partial charge in [0.1, 0.15) is 5.75 Å². The lowest BCUT2D eigenvalue weighted by atomic mass is 9.99. The van der Waals surface area contributed by atoms with Crippen molar-refractivity contribution < 1.29 is 9.53 Å². The van der Waals surface area contributed by atoms with E-state index in [9.17, 15) is 4.79 Å². The first-order valence-electron chi connectivity index (χ1n) is 8.62. The van der Waals surface area contributed by atoms with E-state index in [4.69, 9.17) is 16.3 Å². The maximum Gasteiger partial charge on any atom is 0.260 e. The highest BCUT2D eigenvalue weighted by atomic mass is 35.5. The van der Waals surface area contributed by atoms with Crippen LogP contribution in [-0.4, -0.2) is 24.5 Å². The summed E-state index contributed by atoms with van der Waals surface area (Å²) >= 11 is 6.10. The van der Waals surface area contributed by atoms with Gasteiger partial charge in [0.15, 0.2) is 0 Å². The van der Waals surface area contributed by atoms with Crippen molar-refractivity contribution >= 4 is 34.1 Å². The number of halogens is 1. The molecule has 4 nitrogen and oxygen atoms in total. The molecule has 2 heterocycles. The smallest absolute Gasteiger partial charge is 0.260 e. The molecular weight excluding hydrogens is 348 g/mol. The van der Waals surface area contributed by atoms with Crippen LogP contribution in [0.1, 0.15) is 28.0 Å². The molecule has 0 unspecified atom stereocenters. The third-order valence-electron chi connectivity index (χ3n) is 4.85. The molecule has 4 rings (SSSR count). The number of carbonyl (C=O) groups excluding carboxylic acids is 1. The molecule has 0 saturated heterocycles. The Morgan fingerprint density at radius 2 is 2.04 bits per heavy atom. The molecule has 1 aliphatic heterocycles. The van der Waals surface area contributed by atoms with Gasteiger partial charge in [-0.1, -0.05) is 11.6 Å². The van der Waals surface area contributed by atoms with Crippen LogP contribution in [0.25, 0.3) is 10.9 Å². The van der Waals surface area contributed by atoms with Gasteiger partial charge in [-0.15, -0.1) is 0 Å². The van der Waals surface area contributed by atoms with Crippen LogP contribution in [0.5, 0.6) is 5.75 Å². The molecule has 3 aromatic rings. The number of fused-ring (bicyclic) bond motifs is 2. The fraction of sp³-hybridized carbons (Fsp3) is 0.238. The average molecular weight is 367 g/mol. The number of pyridine rings is 1.